The Morgan fingerprint density at radius 1 is 1.04 bits per heavy atom. The smallest absolute Gasteiger partial charge is 0.273 e. The lowest BCUT2D eigenvalue weighted by Gasteiger charge is -2.34. The molecule has 0 saturated carbocycles. The number of carbonyl (C=O) groups excluding carboxylic acids is 2. The maximum atomic E-state index is 14.3. The van der Waals surface area contributed by atoms with Crippen molar-refractivity contribution in [2.45, 2.75) is 64.4 Å². The van der Waals surface area contributed by atoms with Gasteiger partial charge in [-0.05, 0) is 62.1 Å². The predicted molar refractivity (Wildman–Crippen MR) is 174 cm³/mol. The zero-order valence-corrected chi connectivity index (χ0v) is 27.7. The van der Waals surface area contributed by atoms with Crippen molar-refractivity contribution < 1.29 is 27.7 Å². The zero-order chi connectivity index (χ0) is 33.3. The number of benzene rings is 3. The molecule has 0 aromatic heterocycles. The van der Waals surface area contributed by atoms with Gasteiger partial charge in [0.05, 0.1) is 22.6 Å². The number of methoxy groups -OCH3 is 1. The van der Waals surface area contributed by atoms with Crippen LogP contribution in [0.3, 0.4) is 0 Å². The van der Waals surface area contributed by atoms with E-state index in [2.05, 4.69) is 5.32 Å². The van der Waals surface area contributed by atoms with Crippen LogP contribution in [0.1, 0.15) is 49.8 Å². The third-order valence-corrected chi connectivity index (χ3v) is 9.46. The number of nitrogens with one attached hydrogen (secondary N) is 1. The van der Waals surface area contributed by atoms with E-state index in [1.165, 1.54) is 49.3 Å². The molecule has 45 heavy (non-hydrogen) atoms. The van der Waals surface area contributed by atoms with Gasteiger partial charge in [0.1, 0.15) is 18.3 Å². The predicted octanol–water partition coefficient (Wildman–Crippen LogP) is 5.79. The highest BCUT2D eigenvalue weighted by Gasteiger charge is 2.35. The Kier molecular flexibility index (Phi) is 12.3. The Labute approximate surface area is 269 Å². The number of hydrogen-bond donors (Lipinski definition) is 1. The van der Waals surface area contributed by atoms with E-state index >= 15 is 0 Å². The average molecular weight is 659 g/mol. The molecule has 0 radical (unpaired) electrons. The SMILES string of the molecule is CCCCNC(=O)[C@@H](CC)N(Cc1ccccc1C)C(=O)CN(c1cc(Cl)ccc1OC)S(=O)(=O)c1ccc(C)c([N+](=O)[O-])c1. The largest absolute Gasteiger partial charge is 0.495 e. The first-order valence-corrected chi connectivity index (χ1v) is 16.4. The summed E-state index contributed by atoms with van der Waals surface area (Å²) in [6, 6.07) is 14.4. The van der Waals surface area contributed by atoms with Crippen LogP contribution in [-0.4, -0.2) is 56.3 Å². The molecule has 1 atom stereocenters. The van der Waals surface area contributed by atoms with Crippen molar-refractivity contribution in [2.75, 3.05) is 24.5 Å². The lowest BCUT2D eigenvalue weighted by molar-refractivity contribution is -0.385. The minimum Gasteiger partial charge on any atom is -0.495 e. The number of unbranched alkanes of at least 4 members (excludes halogenated alkanes) is 1. The fraction of sp³-hybridized carbons (Fsp3) is 0.375. The first-order chi connectivity index (χ1) is 21.3. The Morgan fingerprint density at radius 2 is 1.76 bits per heavy atom. The van der Waals surface area contributed by atoms with E-state index < -0.39 is 44.0 Å². The molecule has 2 amide bonds. The summed E-state index contributed by atoms with van der Waals surface area (Å²) in [5.74, 6) is -0.910. The second-order valence-electron chi connectivity index (χ2n) is 10.6. The second kappa shape index (κ2) is 15.7. The van der Waals surface area contributed by atoms with Gasteiger partial charge in [-0.2, -0.15) is 0 Å². The Bertz CT molecular complexity index is 1650. The Hall–Kier alpha value is -4.16. The Balaban J connectivity index is 2.18. The minimum atomic E-state index is -4.61. The fourth-order valence-corrected chi connectivity index (χ4v) is 6.45. The molecule has 3 rings (SSSR count). The van der Waals surface area contributed by atoms with Gasteiger partial charge in [0.25, 0.3) is 15.7 Å². The second-order valence-corrected chi connectivity index (χ2v) is 12.8. The molecule has 0 aliphatic carbocycles. The van der Waals surface area contributed by atoms with Crippen LogP contribution in [0.25, 0.3) is 0 Å². The van der Waals surface area contributed by atoms with E-state index in [4.69, 9.17) is 16.3 Å². The highest BCUT2D eigenvalue weighted by molar-refractivity contribution is 7.92. The number of carbonyl (C=O) groups is 2. The number of amides is 2. The molecule has 0 unspecified atom stereocenters. The molecule has 0 spiro atoms. The molecule has 0 saturated heterocycles. The maximum absolute atomic E-state index is 14.3. The van der Waals surface area contributed by atoms with Crippen molar-refractivity contribution in [1.82, 2.24) is 10.2 Å². The molecule has 3 aromatic carbocycles. The highest BCUT2D eigenvalue weighted by Crippen LogP contribution is 2.36. The summed E-state index contributed by atoms with van der Waals surface area (Å²) in [6.45, 7) is 6.90. The number of hydrogen-bond acceptors (Lipinski definition) is 7. The monoisotopic (exact) mass is 658 g/mol. The Morgan fingerprint density at radius 3 is 2.38 bits per heavy atom. The number of anilines is 1. The summed E-state index contributed by atoms with van der Waals surface area (Å²) in [4.78, 5) is 39.7. The number of sulfonamides is 1. The maximum Gasteiger partial charge on any atom is 0.273 e. The van der Waals surface area contributed by atoms with Gasteiger partial charge in [0.2, 0.25) is 11.8 Å². The van der Waals surface area contributed by atoms with Crippen molar-refractivity contribution in [3.05, 3.63) is 92.5 Å². The molecule has 11 nitrogen and oxygen atoms in total. The van der Waals surface area contributed by atoms with Crippen LogP contribution in [0.5, 0.6) is 5.75 Å². The van der Waals surface area contributed by atoms with E-state index in [1.54, 1.807) is 6.92 Å². The van der Waals surface area contributed by atoms with E-state index in [0.717, 1.165) is 34.3 Å². The van der Waals surface area contributed by atoms with Crippen LogP contribution in [0.2, 0.25) is 5.02 Å². The van der Waals surface area contributed by atoms with Crippen LogP contribution >= 0.6 is 11.6 Å². The number of halogens is 1. The quantitative estimate of drug-likeness (QED) is 0.124. The summed E-state index contributed by atoms with van der Waals surface area (Å²) < 4.78 is 34.8. The normalized spacial score (nSPS) is 11.9. The number of nitro benzene ring substituents is 1. The minimum absolute atomic E-state index is 0.0434. The number of aryl methyl sites for hydroxylation is 2. The fourth-order valence-electron chi connectivity index (χ4n) is 4.84. The van der Waals surface area contributed by atoms with Gasteiger partial charge >= 0.3 is 0 Å². The van der Waals surface area contributed by atoms with Crippen LogP contribution in [0.4, 0.5) is 11.4 Å². The molecule has 0 aliphatic heterocycles. The molecule has 0 aliphatic rings. The first kappa shape index (κ1) is 35.3. The molecule has 1 N–H and O–H groups in total. The summed E-state index contributed by atoms with van der Waals surface area (Å²) in [7, 11) is -3.27. The highest BCUT2D eigenvalue weighted by atomic mass is 35.5. The average Bonchev–Trinajstić information content (AvgIpc) is 3.00. The van der Waals surface area contributed by atoms with Gasteiger partial charge in [0, 0.05) is 29.7 Å². The van der Waals surface area contributed by atoms with E-state index in [0.29, 0.717) is 6.54 Å². The third kappa shape index (κ3) is 8.52. The van der Waals surface area contributed by atoms with Crippen LogP contribution in [0.15, 0.2) is 65.6 Å². The van der Waals surface area contributed by atoms with Crippen molar-refractivity contribution >= 4 is 44.8 Å². The zero-order valence-electron chi connectivity index (χ0n) is 26.1. The number of nitrogens with zero attached hydrogens (tertiary/aromatic N) is 3. The molecular formula is C32H39ClN4O7S. The topological polar surface area (TPSA) is 139 Å². The molecule has 13 heteroatoms. The number of nitro groups is 1. The number of ether oxygens (including phenoxy) is 1. The van der Waals surface area contributed by atoms with Gasteiger partial charge in [0.15, 0.2) is 0 Å². The van der Waals surface area contributed by atoms with Crippen LogP contribution in [-0.2, 0) is 26.2 Å². The summed E-state index contributed by atoms with van der Waals surface area (Å²) in [5.41, 5.74) is 1.51. The first-order valence-electron chi connectivity index (χ1n) is 14.6. The van der Waals surface area contributed by atoms with Crippen LogP contribution in [0, 0.1) is 24.0 Å². The molecule has 3 aromatic rings. The van der Waals surface area contributed by atoms with Gasteiger partial charge < -0.3 is 15.0 Å². The lowest BCUT2D eigenvalue weighted by Crippen LogP contribution is -2.52. The van der Waals surface area contributed by atoms with Crippen molar-refractivity contribution in [1.29, 1.82) is 0 Å². The standard InChI is InChI=1S/C32H39ClN4O7S/c1-6-8-17-34-32(39)27(7-2)35(20-24-12-10-9-11-22(24)3)31(38)21-36(29-18-25(33)14-16-30(29)44-5)45(42,43)26-15-13-23(4)28(19-26)37(40)41/h9-16,18-19,27H,6-8,17,20-21H2,1-5H3,(H,34,39)/t27-/m1/s1. The third-order valence-electron chi connectivity index (χ3n) is 7.47. The molecule has 0 fully saturated rings. The van der Waals surface area contributed by atoms with Crippen molar-refractivity contribution in [2.24, 2.45) is 0 Å². The summed E-state index contributed by atoms with van der Waals surface area (Å²) in [5, 5.41) is 14.7. The molecule has 0 heterocycles. The molecular weight excluding hydrogens is 620 g/mol. The van der Waals surface area contributed by atoms with Crippen molar-refractivity contribution in [3.63, 3.8) is 0 Å². The van der Waals surface area contributed by atoms with Crippen molar-refractivity contribution in [3.8, 4) is 5.75 Å². The van der Waals surface area contributed by atoms with E-state index in [-0.39, 0.29) is 40.9 Å². The lowest BCUT2D eigenvalue weighted by atomic mass is 10.1. The summed E-state index contributed by atoms with van der Waals surface area (Å²) >= 11 is 6.29. The van der Waals surface area contributed by atoms with Gasteiger partial charge in [-0.15, -0.1) is 0 Å². The molecule has 0 bridgehead atoms. The van der Waals surface area contributed by atoms with Gasteiger partial charge in [-0.1, -0.05) is 62.2 Å². The van der Waals surface area contributed by atoms with Gasteiger partial charge in [-0.3, -0.25) is 24.0 Å². The van der Waals surface area contributed by atoms with E-state index in [9.17, 15) is 28.1 Å². The molecule has 242 valence electrons. The van der Waals surface area contributed by atoms with E-state index in [1.807, 2.05) is 38.1 Å². The number of rotatable bonds is 15. The van der Waals surface area contributed by atoms with Crippen LogP contribution < -0.4 is 14.4 Å². The van der Waals surface area contributed by atoms with Gasteiger partial charge in [-0.25, -0.2) is 8.42 Å². The summed E-state index contributed by atoms with van der Waals surface area (Å²) in [6.07, 6.45) is 1.90.